The van der Waals surface area contributed by atoms with Crippen LogP contribution in [-0.4, -0.2) is 55.7 Å². The molecule has 168 valence electrons. The molecule has 1 aliphatic heterocycles. The lowest BCUT2D eigenvalue weighted by molar-refractivity contribution is 0.0451. The first-order valence-electron chi connectivity index (χ1n) is 10.2. The van der Waals surface area contributed by atoms with E-state index >= 15 is 0 Å². The van der Waals surface area contributed by atoms with Crippen molar-refractivity contribution in [2.45, 2.75) is 25.9 Å². The predicted molar refractivity (Wildman–Crippen MR) is 133 cm³/mol. The van der Waals surface area contributed by atoms with Crippen LogP contribution in [0.5, 0.6) is 0 Å². The van der Waals surface area contributed by atoms with Gasteiger partial charge in [0.1, 0.15) is 6.10 Å². The summed E-state index contributed by atoms with van der Waals surface area (Å²) in [7, 11) is 0. The molecule has 0 saturated carbocycles. The summed E-state index contributed by atoms with van der Waals surface area (Å²) in [4.78, 5) is 5.07. The van der Waals surface area contributed by atoms with Gasteiger partial charge in [0.05, 0.1) is 16.7 Å². The SMILES string of the molecule is CCCCN1CCN(CCOC(c2ccccc2)c2ccc(Cl)c(Cl)c2)CC1.Cl.Cl. The predicted octanol–water partition coefficient (Wildman–Crippen LogP) is 6.36. The van der Waals surface area contributed by atoms with Crippen LogP contribution in [0.15, 0.2) is 48.5 Å². The Morgan fingerprint density at radius 3 is 2.07 bits per heavy atom. The molecular weight excluding hydrogens is 462 g/mol. The summed E-state index contributed by atoms with van der Waals surface area (Å²) in [6, 6.07) is 16.0. The van der Waals surface area contributed by atoms with Gasteiger partial charge < -0.3 is 9.64 Å². The Balaban J connectivity index is 0.00000225. The van der Waals surface area contributed by atoms with Crippen LogP contribution in [0.3, 0.4) is 0 Å². The Labute approximate surface area is 203 Å². The average molecular weight is 494 g/mol. The summed E-state index contributed by atoms with van der Waals surface area (Å²) in [5.74, 6) is 0. The van der Waals surface area contributed by atoms with Crippen molar-refractivity contribution in [2.24, 2.45) is 0 Å². The second-order valence-electron chi connectivity index (χ2n) is 7.37. The maximum Gasteiger partial charge on any atom is 0.108 e. The lowest BCUT2D eigenvalue weighted by atomic mass is 10.0. The van der Waals surface area contributed by atoms with Gasteiger partial charge in [-0.15, -0.1) is 24.8 Å². The minimum Gasteiger partial charge on any atom is -0.367 e. The van der Waals surface area contributed by atoms with Crippen LogP contribution >= 0.6 is 48.0 Å². The van der Waals surface area contributed by atoms with Crippen molar-refractivity contribution < 1.29 is 4.74 Å². The van der Waals surface area contributed by atoms with Gasteiger partial charge in [-0.1, -0.05) is 72.9 Å². The van der Waals surface area contributed by atoms with Gasteiger partial charge in [0.2, 0.25) is 0 Å². The summed E-state index contributed by atoms with van der Waals surface area (Å²) < 4.78 is 6.35. The average Bonchev–Trinajstić information content (AvgIpc) is 2.73. The quantitative estimate of drug-likeness (QED) is 0.404. The Morgan fingerprint density at radius 2 is 1.47 bits per heavy atom. The van der Waals surface area contributed by atoms with E-state index in [0.717, 1.165) is 43.9 Å². The third-order valence-corrected chi connectivity index (χ3v) is 6.07. The first-order valence-corrected chi connectivity index (χ1v) is 11.0. The zero-order chi connectivity index (χ0) is 19.8. The molecule has 0 amide bonds. The van der Waals surface area contributed by atoms with Crippen LogP contribution in [0.25, 0.3) is 0 Å². The second kappa shape index (κ2) is 14.5. The van der Waals surface area contributed by atoms with Gasteiger partial charge in [0, 0.05) is 32.7 Å². The summed E-state index contributed by atoms with van der Waals surface area (Å²) in [5, 5.41) is 1.13. The van der Waals surface area contributed by atoms with Gasteiger partial charge in [-0.25, -0.2) is 0 Å². The van der Waals surface area contributed by atoms with Crippen molar-refractivity contribution in [1.29, 1.82) is 0 Å². The van der Waals surface area contributed by atoms with Gasteiger partial charge >= 0.3 is 0 Å². The minimum atomic E-state index is -0.137. The van der Waals surface area contributed by atoms with Crippen molar-refractivity contribution in [3.05, 3.63) is 69.7 Å². The molecule has 3 rings (SSSR count). The van der Waals surface area contributed by atoms with Crippen LogP contribution < -0.4 is 0 Å². The van der Waals surface area contributed by atoms with Gasteiger partial charge in [0.15, 0.2) is 0 Å². The Bertz CT molecular complexity index is 724. The van der Waals surface area contributed by atoms with E-state index in [9.17, 15) is 0 Å². The lowest BCUT2D eigenvalue weighted by Gasteiger charge is -2.34. The third-order valence-electron chi connectivity index (χ3n) is 5.33. The minimum absolute atomic E-state index is 0. The molecular formula is C23H32Cl4N2O. The fourth-order valence-corrected chi connectivity index (χ4v) is 3.91. The molecule has 1 fully saturated rings. The number of benzene rings is 2. The monoisotopic (exact) mass is 492 g/mol. The number of hydrogen-bond donors (Lipinski definition) is 0. The van der Waals surface area contributed by atoms with E-state index in [1.165, 1.54) is 19.4 Å². The molecule has 1 heterocycles. The van der Waals surface area contributed by atoms with Crippen molar-refractivity contribution in [3.8, 4) is 0 Å². The van der Waals surface area contributed by atoms with Crippen LogP contribution in [0.1, 0.15) is 37.0 Å². The molecule has 1 unspecified atom stereocenters. The molecule has 0 radical (unpaired) electrons. The van der Waals surface area contributed by atoms with Crippen LogP contribution in [-0.2, 0) is 4.74 Å². The molecule has 0 N–H and O–H groups in total. The number of piperazine rings is 1. The highest BCUT2D eigenvalue weighted by Gasteiger charge is 2.19. The molecule has 0 spiro atoms. The number of halogens is 4. The van der Waals surface area contributed by atoms with Gasteiger partial charge in [0.25, 0.3) is 0 Å². The number of unbranched alkanes of at least 4 members (excludes halogenated alkanes) is 1. The van der Waals surface area contributed by atoms with E-state index in [4.69, 9.17) is 27.9 Å². The van der Waals surface area contributed by atoms with Crippen LogP contribution in [0.4, 0.5) is 0 Å². The molecule has 0 aromatic heterocycles. The molecule has 7 heteroatoms. The molecule has 2 aromatic rings. The Hall–Kier alpha value is -0.520. The first-order chi connectivity index (χ1) is 13.7. The van der Waals surface area contributed by atoms with E-state index in [2.05, 4.69) is 28.9 Å². The molecule has 3 nitrogen and oxygen atoms in total. The van der Waals surface area contributed by atoms with E-state index in [-0.39, 0.29) is 30.9 Å². The zero-order valence-corrected chi connectivity index (χ0v) is 20.6. The van der Waals surface area contributed by atoms with Crippen molar-refractivity contribution in [2.75, 3.05) is 45.9 Å². The topological polar surface area (TPSA) is 15.7 Å². The van der Waals surface area contributed by atoms with Gasteiger partial charge in [-0.2, -0.15) is 0 Å². The van der Waals surface area contributed by atoms with Gasteiger partial charge in [-0.05, 0) is 36.2 Å². The number of nitrogens with zero attached hydrogens (tertiary/aromatic N) is 2. The normalized spacial score (nSPS) is 15.8. The van der Waals surface area contributed by atoms with E-state index < -0.39 is 0 Å². The third kappa shape index (κ3) is 8.20. The maximum absolute atomic E-state index is 6.35. The summed E-state index contributed by atoms with van der Waals surface area (Å²) in [5.41, 5.74) is 2.16. The second-order valence-corrected chi connectivity index (χ2v) is 8.19. The smallest absolute Gasteiger partial charge is 0.108 e. The molecule has 1 atom stereocenters. The van der Waals surface area contributed by atoms with Crippen LogP contribution in [0.2, 0.25) is 10.0 Å². The fourth-order valence-electron chi connectivity index (χ4n) is 3.61. The van der Waals surface area contributed by atoms with E-state index in [1.807, 2.05) is 36.4 Å². The van der Waals surface area contributed by atoms with Crippen molar-refractivity contribution in [3.63, 3.8) is 0 Å². The molecule has 1 aliphatic rings. The number of rotatable bonds is 9. The van der Waals surface area contributed by atoms with Crippen molar-refractivity contribution in [1.82, 2.24) is 9.80 Å². The maximum atomic E-state index is 6.35. The highest BCUT2D eigenvalue weighted by Crippen LogP contribution is 2.31. The summed E-state index contributed by atoms with van der Waals surface area (Å²) in [6.07, 6.45) is 2.43. The van der Waals surface area contributed by atoms with Gasteiger partial charge in [-0.3, -0.25) is 4.90 Å². The largest absolute Gasteiger partial charge is 0.367 e. The molecule has 2 aromatic carbocycles. The number of hydrogen-bond acceptors (Lipinski definition) is 3. The zero-order valence-electron chi connectivity index (χ0n) is 17.4. The lowest BCUT2D eigenvalue weighted by Crippen LogP contribution is -2.47. The summed E-state index contributed by atoms with van der Waals surface area (Å²) >= 11 is 12.3. The van der Waals surface area contributed by atoms with Crippen LogP contribution in [0, 0.1) is 0 Å². The fraction of sp³-hybridized carbons (Fsp3) is 0.478. The standard InChI is InChI=1S/C23H30Cl2N2O.2ClH/c1-2-3-11-26-12-14-27(15-13-26)16-17-28-23(19-7-5-4-6-8-19)20-9-10-21(24)22(25)18-20;;/h4-10,18,23H,2-3,11-17H2,1H3;2*1H. The summed E-state index contributed by atoms with van der Waals surface area (Å²) in [6.45, 7) is 9.69. The van der Waals surface area contributed by atoms with E-state index in [1.54, 1.807) is 0 Å². The van der Waals surface area contributed by atoms with Crippen molar-refractivity contribution >= 4 is 48.0 Å². The Morgan fingerprint density at radius 1 is 0.833 bits per heavy atom. The number of ether oxygens (including phenoxy) is 1. The molecule has 0 bridgehead atoms. The highest BCUT2D eigenvalue weighted by molar-refractivity contribution is 6.42. The Kier molecular flexibility index (Phi) is 13.3. The highest BCUT2D eigenvalue weighted by atomic mass is 35.5. The first kappa shape index (κ1) is 27.5. The van der Waals surface area contributed by atoms with E-state index in [0.29, 0.717) is 16.7 Å². The molecule has 1 saturated heterocycles. The molecule has 0 aliphatic carbocycles. The molecule has 30 heavy (non-hydrogen) atoms.